The number of carbonyl (C=O) groups excluding carboxylic acids is 2. The number of benzene rings is 1. The lowest BCUT2D eigenvalue weighted by atomic mass is 10.1. The van der Waals surface area contributed by atoms with Crippen molar-refractivity contribution in [3.8, 4) is 5.75 Å². The van der Waals surface area contributed by atoms with Crippen LogP contribution in [0.25, 0.3) is 0 Å². The number of nitrogens with zero attached hydrogens (tertiary/aromatic N) is 1. The van der Waals surface area contributed by atoms with E-state index in [4.69, 9.17) is 4.74 Å². The van der Waals surface area contributed by atoms with Crippen molar-refractivity contribution >= 4 is 11.9 Å². The number of carbonyl (C=O) groups is 2. The van der Waals surface area contributed by atoms with Crippen LogP contribution in [0.2, 0.25) is 0 Å². The molecule has 1 N–H and O–H groups in total. The number of para-hydroxylation sites is 1. The molecule has 0 aliphatic carbocycles. The van der Waals surface area contributed by atoms with E-state index in [2.05, 4.69) is 4.74 Å². The Labute approximate surface area is 137 Å². The summed E-state index contributed by atoms with van der Waals surface area (Å²) in [6, 6.07) is 9.23. The first-order valence-electron chi connectivity index (χ1n) is 7.65. The van der Waals surface area contributed by atoms with Crippen LogP contribution in [0, 0.1) is 5.92 Å². The lowest BCUT2D eigenvalue weighted by Crippen LogP contribution is -2.41. The van der Waals surface area contributed by atoms with E-state index in [-0.39, 0.29) is 38.0 Å². The van der Waals surface area contributed by atoms with E-state index in [9.17, 15) is 14.7 Å². The summed E-state index contributed by atoms with van der Waals surface area (Å²) in [6.45, 7) is 3.91. The molecule has 0 aromatic heterocycles. The fourth-order valence-electron chi connectivity index (χ4n) is 2.13. The summed E-state index contributed by atoms with van der Waals surface area (Å²) in [5, 5.41) is 9.54. The van der Waals surface area contributed by atoms with Crippen LogP contribution >= 0.6 is 0 Å². The summed E-state index contributed by atoms with van der Waals surface area (Å²) in [4.78, 5) is 25.3. The molecule has 6 nitrogen and oxygen atoms in total. The van der Waals surface area contributed by atoms with Crippen LogP contribution in [0.5, 0.6) is 5.75 Å². The van der Waals surface area contributed by atoms with Crippen LogP contribution in [-0.2, 0) is 14.3 Å². The standard InChI is InChI=1S/C17H25NO5/c1-13(17(21)22-3)11-18(12-14(2)19)16(20)9-10-23-15-7-5-4-6-8-15/h4-8,13-14,19H,9-12H2,1-3H3. The lowest BCUT2D eigenvalue weighted by Gasteiger charge is -2.26. The molecule has 1 amide bonds. The quantitative estimate of drug-likeness (QED) is 0.697. The Morgan fingerprint density at radius 1 is 1.17 bits per heavy atom. The summed E-state index contributed by atoms with van der Waals surface area (Å²) in [5.41, 5.74) is 0. The number of aliphatic hydroxyl groups excluding tert-OH is 1. The van der Waals surface area contributed by atoms with Gasteiger partial charge < -0.3 is 19.5 Å². The maximum Gasteiger partial charge on any atom is 0.310 e. The summed E-state index contributed by atoms with van der Waals surface area (Å²) in [6.07, 6.45) is -0.492. The highest BCUT2D eigenvalue weighted by Gasteiger charge is 2.22. The van der Waals surface area contributed by atoms with Crippen LogP contribution in [-0.4, -0.2) is 54.8 Å². The van der Waals surface area contributed by atoms with E-state index >= 15 is 0 Å². The first-order chi connectivity index (χ1) is 10.9. The number of aliphatic hydroxyl groups is 1. The second-order valence-electron chi connectivity index (χ2n) is 5.48. The molecule has 0 aliphatic rings. The van der Waals surface area contributed by atoms with E-state index in [0.29, 0.717) is 5.75 Å². The van der Waals surface area contributed by atoms with Crippen molar-refractivity contribution in [1.82, 2.24) is 4.90 Å². The molecule has 128 valence electrons. The molecule has 1 aromatic carbocycles. The number of methoxy groups -OCH3 is 1. The van der Waals surface area contributed by atoms with Gasteiger partial charge >= 0.3 is 5.97 Å². The molecule has 1 aromatic rings. The molecule has 0 saturated heterocycles. The van der Waals surface area contributed by atoms with Crippen molar-refractivity contribution in [3.63, 3.8) is 0 Å². The number of esters is 1. The summed E-state index contributed by atoms with van der Waals surface area (Å²) in [5.74, 6) is -0.297. The third-order valence-corrected chi connectivity index (χ3v) is 3.26. The first-order valence-corrected chi connectivity index (χ1v) is 7.65. The Morgan fingerprint density at radius 2 is 1.83 bits per heavy atom. The highest BCUT2D eigenvalue weighted by molar-refractivity contribution is 5.78. The molecule has 2 atom stereocenters. The number of amides is 1. The zero-order chi connectivity index (χ0) is 17.2. The molecule has 6 heteroatoms. The highest BCUT2D eigenvalue weighted by atomic mass is 16.5. The van der Waals surface area contributed by atoms with Gasteiger partial charge in [0.1, 0.15) is 5.75 Å². The molecular weight excluding hydrogens is 298 g/mol. The van der Waals surface area contributed by atoms with Gasteiger partial charge in [-0.2, -0.15) is 0 Å². The van der Waals surface area contributed by atoms with Crippen LogP contribution < -0.4 is 4.74 Å². The smallest absolute Gasteiger partial charge is 0.310 e. The third-order valence-electron chi connectivity index (χ3n) is 3.26. The average Bonchev–Trinajstić information content (AvgIpc) is 2.53. The first kappa shape index (κ1) is 19.0. The molecule has 0 fully saturated rings. The molecular formula is C17H25NO5. The van der Waals surface area contributed by atoms with Crippen molar-refractivity contribution in [2.24, 2.45) is 5.92 Å². The van der Waals surface area contributed by atoms with Gasteiger partial charge in [0.25, 0.3) is 0 Å². The maximum atomic E-state index is 12.3. The number of hydrogen-bond donors (Lipinski definition) is 1. The SMILES string of the molecule is COC(=O)C(C)CN(CC(C)O)C(=O)CCOc1ccccc1. The summed E-state index contributed by atoms with van der Waals surface area (Å²) in [7, 11) is 1.31. The molecule has 23 heavy (non-hydrogen) atoms. The van der Waals surface area contributed by atoms with E-state index in [0.717, 1.165) is 0 Å². The van der Waals surface area contributed by atoms with Crippen LogP contribution in [0.3, 0.4) is 0 Å². The fourth-order valence-corrected chi connectivity index (χ4v) is 2.13. The van der Waals surface area contributed by atoms with Gasteiger partial charge in [-0.05, 0) is 19.1 Å². The molecule has 1 rings (SSSR count). The van der Waals surface area contributed by atoms with Gasteiger partial charge in [-0.25, -0.2) is 0 Å². The molecule has 0 aliphatic heterocycles. The Kier molecular flexibility index (Phi) is 8.11. The molecule has 0 heterocycles. The van der Waals surface area contributed by atoms with Gasteiger partial charge in [0, 0.05) is 13.1 Å². The van der Waals surface area contributed by atoms with Gasteiger partial charge in [-0.1, -0.05) is 25.1 Å². The minimum atomic E-state index is -0.668. The van der Waals surface area contributed by atoms with E-state index in [1.165, 1.54) is 12.0 Å². The van der Waals surface area contributed by atoms with Gasteiger partial charge in [0.15, 0.2) is 0 Å². The largest absolute Gasteiger partial charge is 0.493 e. The Hall–Kier alpha value is -2.08. The summed E-state index contributed by atoms with van der Waals surface area (Å²) >= 11 is 0. The lowest BCUT2D eigenvalue weighted by molar-refractivity contribution is -0.146. The predicted octanol–water partition coefficient (Wildman–Crippen LogP) is 1.47. The van der Waals surface area contributed by atoms with Gasteiger partial charge in [-0.15, -0.1) is 0 Å². The fraction of sp³-hybridized carbons (Fsp3) is 0.529. The minimum Gasteiger partial charge on any atom is -0.493 e. The van der Waals surface area contributed by atoms with Gasteiger partial charge in [0.05, 0.1) is 32.2 Å². The van der Waals surface area contributed by atoms with Gasteiger partial charge in [0.2, 0.25) is 5.91 Å². The molecule has 0 saturated carbocycles. The Balaban J connectivity index is 2.52. The van der Waals surface area contributed by atoms with Crippen molar-refractivity contribution in [2.45, 2.75) is 26.4 Å². The number of rotatable bonds is 9. The monoisotopic (exact) mass is 323 g/mol. The second kappa shape index (κ2) is 9.84. The second-order valence-corrected chi connectivity index (χ2v) is 5.48. The third kappa shape index (κ3) is 7.15. The van der Waals surface area contributed by atoms with Gasteiger partial charge in [-0.3, -0.25) is 9.59 Å². The minimum absolute atomic E-state index is 0.169. The number of ether oxygens (including phenoxy) is 2. The molecule has 0 spiro atoms. The Bertz CT molecular complexity index is 489. The highest BCUT2D eigenvalue weighted by Crippen LogP contribution is 2.10. The Morgan fingerprint density at radius 3 is 2.39 bits per heavy atom. The van der Waals surface area contributed by atoms with Crippen LogP contribution in [0.4, 0.5) is 0 Å². The van der Waals surface area contributed by atoms with Crippen molar-refractivity contribution in [3.05, 3.63) is 30.3 Å². The number of hydrogen-bond acceptors (Lipinski definition) is 5. The molecule has 0 bridgehead atoms. The van der Waals surface area contributed by atoms with E-state index in [1.807, 2.05) is 30.3 Å². The van der Waals surface area contributed by atoms with Crippen molar-refractivity contribution in [1.29, 1.82) is 0 Å². The summed E-state index contributed by atoms with van der Waals surface area (Å²) < 4.78 is 10.2. The topological polar surface area (TPSA) is 76.1 Å². The van der Waals surface area contributed by atoms with Crippen molar-refractivity contribution in [2.75, 3.05) is 26.8 Å². The zero-order valence-corrected chi connectivity index (χ0v) is 13.9. The molecule has 0 radical (unpaired) electrons. The molecule has 2 unspecified atom stereocenters. The predicted molar refractivity (Wildman–Crippen MR) is 86.0 cm³/mol. The van der Waals surface area contributed by atoms with Crippen LogP contribution in [0.15, 0.2) is 30.3 Å². The van der Waals surface area contributed by atoms with E-state index < -0.39 is 12.0 Å². The average molecular weight is 323 g/mol. The van der Waals surface area contributed by atoms with Crippen LogP contribution in [0.1, 0.15) is 20.3 Å². The van der Waals surface area contributed by atoms with E-state index in [1.54, 1.807) is 13.8 Å². The van der Waals surface area contributed by atoms with Crippen molar-refractivity contribution < 1.29 is 24.2 Å². The normalized spacial score (nSPS) is 13.0. The maximum absolute atomic E-state index is 12.3. The zero-order valence-electron chi connectivity index (χ0n) is 13.9.